The molecule has 0 bridgehead atoms. The van der Waals surface area contributed by atoms with Gasteiger partial charge in [-0.05, 0) is 53.8 Å². The van der Waals surface area contributed by atoms with Crippen LogP contribution in [-0.4, -0.2) is 31.4 Å². The number of nitrogens with one attached hydrogen (secondary N) is 2. The number of benzene rings is 1. The Morgan fingerprint density at radius 3 is 2.42 bits per heavy atom. The Balaban J connectivity index is 1.74. The summed E-state index contributed by atoms with van der Waals surface area (Å²) in [6.45, 7) is 2.52. The zero-order valence-corrected chi connectivity index (χ0v) is 16.4. The van der Waals surface area contributed by atoms with Gasteiger partial charge in [0.25, 0.3) is 11.8 Å². The van der Waals surface area contributed by atoms with E-state index in [1.54, 1.807) is 54.5 Å². The van der Waals surface area contributed by atoms with Gasteiger partial charge in [-0.3, -0.25) is 19.0 Å². The Morgan fingerprint density at radius 1 is 1.12 bits per heavy atom. The topological polar surface area (TPSA) is 93.8 Å². The summed E-state index contributed by atoms with van der Waals surface area (Å²) in [7, 11) is 1.71. The number of amides is 2. The molecule has 0 saturated heterocycles. The second-order valence-electron chi connectivity index (χ2n) is 5.49. The number of halogens is 1. The fourth-order valence-electron chi connectivity index (χ4n) is 2.50. The van der Waals surface area contributed by atoms with Crippen molar-refractivity contribution in [3.05, 3.63) is 57.7 Å². The first-order chi connectivity index (χ1) is 12.5. The van der Waals surface area contributed by atoms with Crippen molar-refractivity contribution in [1.82, 2.24) is 19.6 Å². The highest BCUT2D eigenvalue weighted by Gasteiger charge is 2.16. The van der Waals surface area contributed by atoms with Gasteiger partial charge in [0.05, 0.1) is 9.77 Å². The molecule has 9 heteroatoms. The van der Waals surface area contributed by atoms with Crippen LogP contribution < -0.4 is 10.6 Å². The summed E-state index contributed by atoms with van der Waals surface area (Å²) in [6, 6.07) is 8.64. The number of hydrogen-bond acceptors (Lipinski definition) is 4. The first-order valence-corrected chi connectivity index (χ1v) is 8.99. The Morgan fingerprint density at radius 2 is 1.81 bits per heavy atom. The van der Waals surface area contributed by atoms with Crippen LogP contribution in [0.3, 0.4) is 0 Å². The number of rotatable bonds is 5. The molecule has 0 radical (unpaired) electrons. The second-order valence-corrected chi connectivity index (χ2v) is 6.65. The van der Waals surface area contributed by atoms with Crippen LogP contribution in [0.15, 0.2) is 42.7 Å². The zero-order chi connectivity index (χ0) is 18.7. The number of anilines is 2. The van der Waals surface area contributed by atoms with Crippen molar-refractivity contribution in [2.75, 3.05) is 10.6 Å². The molecule has 3 rings (SSSR count). The van der Waals surface area contributed by atoms with E-state index in [2.05, 4.69) is 43.4 Å². The highest BCUT2D eigenvalue weighted by molar-refractivity contribution is 14.1. The van der Waals surface area contributed by atoms with Crippen molar-refractivity contribution in [1.29, 1.82) is 0 Å². The number of nitrogens with zero attached hydrogens (tertiary/aromatic N) is 4. The van der Waals surface area contributed by atoms with Crippen LogP contribution in [0, 0.1) is 3.57 Å². The molecule has 2 aromatic heterocycles. The lowest BCUT2D eigenvalue weighted by molar-refractivity contribution is 0.100. The number of carbonyl (C=O) groups excluding carboxylic acids is 2. The lowest BCUT2D eigenvalue weighted by Gasteiger charge is -2.10. The number of aromatic nitrogens is 4. The minimum Gasteiger partial charge on any atom is -0.321 e. The Bertz CT molecular complexity index is 942. The molecule has 2 N–H and O–H groups in total. The molecule has 3 aromatic rings. The smallest absolute Gasteiger partial charge is 0.275 e. The molecule has 134 valence electrons. The molecule has 2 heterocycles. The summed E-state index contributed by atoms with van der Waals surface area (Å²) in [5, 5.41) is 13.8. The maximum absolute atomic E-state index is 12.4. The van der Waals surface area contributed by atoms with E-state index in [9.17, 15) is 9.59 Å². The molecule has 1 aromatic carbocycles. The van der Waals surface area contributed by atoms with Crippen molar-refractivity contribution in [2.45, 2.75) is 13.5 Å². The summed E-state index contributed by atoms with van der Waals surface area (Å²) in [5.41, 5.74) is 2.11. The third-order valence-corrected chi connectivity index (χ3v) is 4.53. The van der Waals surface area contributed by atoms with Crippen LogP contribution in [0.5, 0.6) is 0 Å². The Hall–Kier alpha value is -2.69. The van der Waals surface area contributed by atoms with E-state index >= 15 is 0 Å². The van der Waals surface area contributed by atoms with Crippen LogP contribution in [0.25, 0.3) is 0 Å². The lowest BCUT2D eigenvalue weighted by atomic mass is 10.2. The van der Waals surface area contributed by atoms with Crippen molar-refractivity contribution in [3.63, 3.8) is 0 Å². The number of hydrogen-bond donors (Lipinski definition) is 2. The molecule has 0 saturated carbocycles. The van der Waals surface area contributed by atoms with Crippen LogP contribution in [-0.2, 0) is 13.6 Å². The van der Waals surface area contributed by atoms with Crippen LogP contribution >= 0.6 is 22.6 Å². The molecule has 8 nitrogen and oxygen atoms in total. The quantitative estimate of drug-likeness (QED) is 0.568. The standard InChI is InChI=1S/C17H17IN6O2/c1-3-24-14(7-8-19-24)16(25)21-11-5-4-6-12(9-11)22-17(26)15-13(18)10-20-23(15)2/h4-10H,3H2,1-2H3,(H,21,25)(H,22,26). The summed E-state index contributed by atoms with van der Waals surface area (Å²) >= 11 is 2.06. The van der Waals surface area contributed by atoms with Gasteiger partial charge in [0, 0.05) is 31.2 Å². The van der Waals surface area contributed by atoms with Gasteiger partial charge in [0.15, 0.2) is 0 Å². The molecule has 2 amide bonds. The van der Waals surface area contributed by atoms with E-state index in [-0.39, 0.29) is 11.8 Å². The van der Waals surface area contributed by atoms with Crippen molar-refractivity contribution in [3.8, 4) is 0 Å². The normalized spacial score (nSPS) is 10.6. The predicted molar refractivity (Wildman–Crippen MR) is 106 cm³/mol. The molecule has 0 unspecified atom stereocenters. The van der Waals surface area contributed by atoms with E-state index in [0.717, 1.165) is 3.57 Å². The van der Waals surface area contributed by atoms with Crippen molar-refractivity contribution < 1.29 is 9.59 Å². The first kappa shape index (κ1) is 18.1. The fourth-order valence-corrected chi connectivity index (χ4v) is 3.22. The maximum Gasteiger partial charge on any atom is 0.275 e. The monoisotopic (exact) mass is 464 g/mol. The molecule has 0 aliphatic carbocycles. The second kappa shape index (κ2) is 7.68. The highest BCUT2D eigenvalue weighted by atomic mass is 127. The molecular formula is C17H17IN6O2. The number of aryl methyl sites for hydroxylation is 2. The van der Waals surface area contributed by atoms with E-state index in [1.165, 1.54) is 4.68 Å². The third kappa shape index (κ3) is 3.77. The number of carbonyl (C=O) groups is 2. The minimum atomic E-state index is -0.262. The fraction of sp³-hybridized carbons (Fsp3) is 0.176. The Labute approximate surface area is 163 Å². The SMILES string of the molecule is CCn1nccc1C(=O)Nc1cccc(NC(=O)c2c(I)cnn2C)c1. The van der Waals surface area contributed by atoms with Gasteiger partial charge >= 0.3 is 0 Å². The van der Waals surface area contributed by atoms with Crippen molar-refractivity contribution in [2.24, 2.45) is 7.05 Å². The van der Waals surface area contributed by atoms with Gasteiger partial charge in [-0.15, -0.1) is 0 Å². The van der Waals surface area contributed by atoms with E-state index < -0.39 is 0 Å². The predicted octanol–water partition coefficient (Wildman–Crippen LogP) is 2.75. The average Bonchev–Trinajstić information content (AvgIpc) is 3.21. The van der Waals surface area contributed by atoms with Crippen LogP contribution in [0.4, 0.5) is 11.4 Å². The van der Waals surface area contributed by atoms with Gasteiger partial charge < -0.3 is 10.6 Å². The average molecular weight is 464 g/mol. The molecule has 0 spiro atoms. The van der Waals surface area contributed by atoms with Crippen molar-refractivity contribution >= 4 is 45.8 Å². The first-order valence-electron chi connectivity index (χ1n) is 7.91. The van der Waals surface area contributed by atoms with Gasteiger partial charge in [0.2, 0.25) is 0 Å². The van der Waals surface area contributed by atoms with Crippen LogP contribution in [0.2, 0.25) is 0 Å². The highest BCUT2D eigenvalue weighted by Crippen LogP contribution is 2.18. The summed E-state index contributed by atoms with van der Waals surface area (Å²) in [4.78, 5) is 24.8. The van der Waals surface area contributed by atoms with Gasteiger partial charge in [0.1, 0.15) is 11.4 Å². The largest absolute Gasteiger partial charge is 0.321 e. The maximum atomic E-state index is 12.4. The molecule has 0 atom stereocenters. The van der Waals surface area contributed by atoms with E-state index in [1.807, 2.05) is 6.92 Å². The third-order valence-electron chi connectivity index (χ3n) is 3.74. The zero-order valence-electron chi connectivity index (χ0n) is 14.2. The molecule has 0 aliphatic heterocycles. The van der Waals surface area contributed by atoms with Gasteiger partial charge in [-0.25, -0.2) is 0 Å². The molecule has 0 fully saturated rings. The Kier molecular flexibility index (Phi) is 5.35. The summed E-state index contributed by atoms with van der Waals surface area (Å²) < 4.78 is 3.90. The molecule has 0 aliphatic rings. The summed E-state index contributed by atoms with van der Waals surface area (Å²) in [6.07, 6.45) is 3.22. The van der Waals surface area contributed by atoms with E-state index in [0.29, 0.717) is 29.3 Å². The molecule has 26 heavy (non-hydrogen) atoms. The van der Waals surface area contributed by atoms with Gasteiger partial charge in [-0.2, -0.15) is 10.2 Å². The van der Waals surface area contributed by atoms with E-state index in [4.69, 9.17) is 0 Å². The van der Waals surface area contributed by atoms with Gasteiger partial charge in [-0.1, -0.05) is 6.07 Å². The summed E-state index contributed by atoms with van der Waals surface area (Å²) in [5.74, 6) is -0.518. The molecular weight excluding hydrogens is 447 g/mol. The van der Waals surface area contributed by atoms with Crippen LogP contribution in [0.1, 0.15) is 27.9 Å². The minimum absolute atomic E-state index is 0.256. The lowest BCUT2D eigenvalue weighted by Crippen LogP contribution is -2.18.